The van der Waals surface area contributed by atoms with Crippen LogP contribution in [0.1, 0.15) is 29.2 Å². The van der Waals surface area contributed by atoms with Gasteiger partial charge < -0.3 is 10.6 Å². The van der Waals surface area contributed by atoms with Crippen LogP contribution in [0.15, 0.2) is 42.5 Å². The summed E-state index contributed by atoms with van der Waals surface area (Å²) in [5.41, 5.74) is 3.38. The summed E-state index contributed by atoms with van der Waals surface area (Å²) in [6.45, 7) is 7.21. The zero-order valence-corrected chi connectivity index (χ0v) is 15.9. The third-order valence-electron chi connectivity index (χ3n) is 5.00. The van der Waals surface area contributed by atoms with Crippen molar-refractivity contribution in [3.8, 4) is 0 Å². The highest BCUT2D eigenvalue weighted by Crippen LogP contribution is 2.29. The zero-order valence-electron chi connectivity index (χ0n) is 15.9. The number of urea groups is 1. The van der Waals surface area contributed by atoms with E-state index in [9.17, 15) is 14.4 Å². The number of carbonyl (C=O) groups is 3. The molecule has 1 aliphatic heterocycles. The fourth-order valence-electron chi connectivity index (χ4n) is 3.09. The number of amides is 4. The smallest absolute Gasteiger partial charge is 0.325 e. The fourth-order valence-corrected chi connectivity index (χ4v) is 3.09. The van der Waals surface area contributed by atoms with E-state index in [1.165, 1.54) is 0 Å². The minimum Gasteiger partial charge on any atom is -0.325 e. The monoisotopic (exact) mass is 365 g/mol. The lowest BCUT2D eigenvalue weighted by Crippen LogP contribution is -2.42. The number of rotatable bonds is 4. The lowest BCUT2D eigenvalue weighted by atomic mass is 9.91. The van der Waals surface area contributed by atoms with Gasteiger partial charge in [-0.25, -0.2) is 4.79 Å². The molecule has 140 valence electrons. The molecule has 1 fully saturated rings. The van der Waals surface area contributed by atoms with Crippen molar-refractivity contribution >= 4 is 23.5 Å². The van der Waals surface area contributed by atoms with Crippen molar-refractivity contribution < 1.29 is 14.4 Å². The molecule has 0 aromatic heterocycles. The summed E-state index contributed by atoms with van der Waals surface area (Å²) >= 11 is 0. The molecule has 4 amide bonds. The number of anilines is 1. The molecule has 27 heavy (non-hydrogen) atoms. The van der Waals surface area contributed by atoms with Gasteiger partial charge in [0.1, 0.15) is 12.1 Å². The summed E-state index contributed by atoms with van der Waals surface area (Å²) in [7, 11) is 0. The Morgan fingerprint density at radius 1 is 1.04 bits per heavy atom. The van der Waals surface area contributed by atoms with Crippen molar-refractivity contribution in [2.24, 2.45) is 0 Å². The SMILES string of the molecule is Cc1ccc(C2(C)NC(=O)N(CC(=O)Nc3ccc(C)c(C)c3)C2=O)cc1. The van der Waals surface area contributed by atoms with Crippen molar-refractivity contribution in [1.82, 2.24) is 10.2 Å². The second-order valence-electron chi connectivity index (χ2n) is 7.16. The number of hydrogen-bond donors (Lipinski definition) is 2. The quantitative estimate of drug-likeness (QED) is 0.818. The Morgan fingerprint density at radius 2 is 1.70 bits per heavy atom. The number of carbonyl (C=O) groups excluding carboxylic acids is 3. The van der Waals surface area contributed by atoms with E-state index in [0.717, 1.165) is 21.6 Å². The standard InChI is InChI=1S/C21H23N3O3/c1-13-5-8-16(9-6-13)21(4)19(26)24(20(27)23-21)12-18(25)22-17-10-7-14(2)15(3)11-17/h5-11H,12H2,1-4H3,(H,22,25)(H,23,27). The first-order valence-corrected chi connectivity index (χ1v) is 8.79. The predicted octanol–water partition coefficient (Wildman–Crippen LogP) is 3.02. The summed E-state index contributed by atoms with van der Waals surface area (Å²) < 4.78 is 0. The van der Waals surface area contributed by atoms with Crippen LogP contribution in [0.25, 0.3) is 0 Å². The molecule has 1 atom stereocenters. The Hall–Kier alpha value is -3.15. The van der Waals surface area contributed by atoms with Crippen LogP contribution in [0.2, 0.25) is 0 Å². The molecule has 1 heterocycles. The van der Waals surface area contributed by atoms with Crippen LogP contribution in [0, 0.1) is 20.8 Å². The number of aryl methyl sites for hydroxylation is 3. The molecule has 6 heteroatoms. The Balaban J connectivity index is 1.74. The summed E-state index contributed by atoms with van der Waals surface area (Å²) in [6, 6.07) is 12.4. The lowest BCUT2D eigenvalue weighted by Gasteiger charge is -2.22. The number of nitrogens with zero attached hydrogens (tertiary/aromatic N) is 1. The van der Waals surface area contributed by atoms with Gasteiger partial charge in [-0.2, -0.15) is 0 Å². The molecule has 2 aromatic carbocycles. The van der Waals surface area contributed by atoms with Gasteiger partial charge in [-0.05, 0) is 56.5 Å². The summed E-state index contributed by atoms with van der Waals surface area (Å²) in [6.07, 6.45) is 0. The van der Waals surface area contributed by atoms with Crippen molar-refractivity contribution in [2.75, 3.05) is 11.9 Å². The highest BCUT2D eigenvalue weighted by molar-refractivity contribution is 6.10. The van der Waals surface area contributed by atoms with Crippen molar-refractivity contribution in [3.63, 3.8) is 0 Å². The van der Waals surface area contributed by atoms with Crippen molar-refractivity contribution in [2.45, 2.75) is 33.2 Å². The Labute approximate surface area is 158 Å². The van der Waals surface area contributed by atoms with Crippen LogP contribution in [-0.4, -0.2) is 29.3 Å². The van der Waals surface area contributed by atoms with E-state index in [1.54, 1.807) is 13.0 Å². The fraction of sp³-hybridized carbons (Fsp3) is 0.286. The van der Waals surface area contributed by atoms with Gasteiger partial charge in [-0.1, -0.05) is 35.9 Å². The van der Waals surface area contributed by atoms with E-state index >= 15 is 0 Å². The van der Waals surface area contributed by atoms with Crippen LogP contribution in [0.5, 0.6) is 0 Å². The van der Waals surface area contributed by atoms with Gasteiger partial charge in [0, 0.05) is 5.69 Å². The number of benzene rings is 2. The van der Waals surface area contributed by atoms with E-state index in [4.69, 9.17) is 0 Å². The molecule has 6 nitrogen and oxygen atoms in total. The number of imide groups is 1. The van der Waals surface area contributed by atoms with Crippen molar-refractivity contribution in [1.29, 1.82) is 0 Å². The van der Waals surface area contributed by atoms with E-state index < -0.39 is 23.4 Å². The molecule has 1 unspecified atom stereocenters. The molecule has 2 N–H and O–H groups in total. The summed E-state index contributed by atoms with van der Waals surface area (Å²) in [4.78, 5) is 38.5. The highest BCUT2D eigenvalue weighted by atomic mass is 16.2. The van der Waals surface area contributed by atoms with Crippen LogP contribution in [0.3, 0.4) is 0 Å². The van der Waals surface area contributed by atoms with E-state index in [2.05, 4.69) is 10.6 Å². The number of hydrogen-bond acceptors (Lipinski definition) is 3. The molecular formula is C21H23N3O3. The van der Waals surface area contributed by atoms with E-state index in [1.807, 2.05) is 57.2 Å². The Kier molecular flexibility index (Phi) is 4.74. The second-order valence-corrected chi connectivity index (χ2v) is 7.16. The third kappa shape index (κ3) is 3.56. The molecule has 0 radical (unpaired) electrons. The average molecular weight is 365 g/mol. The van der Waals surface area contributed by atoms with Gasteiger partial charge >= 0.3 is 6.03 Å². The summed E-state index contributed by atoms with van der Waals surface area (Å²) in [5, 5.41) is 5.45. The normalized spacial score (nSPS) is 19.2. The van der Waals surface area contributed by atoms with E-state index in [-0.39, 0.29) is 6.54 Å². The molecule has 0 saturated carbocycles. The first-order valence-electron chi connectivity index (χ1n) is 8.79. The van der Waals surface area contributed by atoms with E-state index in [0.29, 0.717) is 11.3 Å². The molecule has 2 aromatic rings. The van der Waals surface area contributed by atoms with Crippen molar-refractivity contribution in [3.05, 3.63) is 64.7 Å². The average Bonchev–Trinajstić information content (AvgIpc) is 2.83. The maximum atomic E-state index is 12.9. The molecule has 1 aliphatic rings. The second kappa shape index (κ2) is 6.87. The zero-order chi connectivity index (χ0) is 19.8. The number of nitrogens with one attached hydrogen (secondary N) is 2. The maximum absolute atomic E-state index is 12.9. The minimum absolute atomic E-state index is 0.334. The lowest BCUT2D eigenvalue weighted by molar-refractivity contribution is -0.133. The molecule has 1 saturated heterocycles. The van der Waals surface area contributed by atoms with Gasteiger partial charge in [0.2, 0.25) is 5.91 Å². The minimum atomic E-state index is -1.18. The van der Waals surface area contributed by atoms with Gasteiger partial charge in [-0.3, -0.25) is 14.5 Å². The Morgan fingerprint density at radius 3 is 2.33 bits per heavy atom. The van der Waals surface area contributed by atoms with Crippen LogP contribution in [0.4, 0.5) is 10.5 Å². The summed E-state index contributed by atoms with van der Waals surface area (Å²) in [5.74, 6) is -0.860. The molecule has 3 rings (SSSR count). The van der Waals surface area contributed by atoms with Gasteiger partial charge in [-0.15, -0.1) is 0 Å². The van der Waals surface area contributed by atoms with Crippen LogP contribution in [-0.2, 0) is 15.1 Å². The van der Waals surface area contributed by atoms with Crippen LogP contribution < -0.4 is 10.6 Å². The first-order chi connectivity index (χ1) is 12.7. The van der Waals surface area contributed by atoms with Gasteiger partial charge in [0.15, 0.2) is 0 Å². The molecule has 0 bridgehead atoms. The topological polar surface area (TPSA) is 78.5 Å². The molecule has 0 spiro atoms. The first kappa shape index (κ1) is 18.6. The molecular weight excluding hydrogens is 342 g/mol. The predicted molar refractivity (Wildman–Crippen MR) is 103 cm³/mol. The van der Waals surface area contributed by atoms with Gasteiger partial charge in [0.25, 0.3) is 5.91 Å². The largest absolute Gasteiger partial charge is 0.325 e. The maximum Gasteiger partial charge on any atom is 0.325 e. The van der Waals surface area contributed by atoms with Gasteiger partial charge in [0.05, 0.1) is 0 Å². The molecule has 0 aliphatic carbocycles. The highest BCUT2D eigenvalue weighted by Gasteiger charge is 2.49. The Bertz CT molecular complexity index is 921. The van der Waals surface area contributed by atoms with Crippen LogP contribution >= 0.6 is 0 Å². The third-order valence-corrected chi connectivity index (χ3v) is 5.00.